The van der Waals surface area contributed by atoms with Gasteiger partial charge in [0, 0.05) is 42.4 Å². The van der Waals surface area contributed by atoms with E-state index in [1.54, 1.807) is 12.1 Å². The summed E-state index contributed by atoms with van der Waals surface area (Å²) < 4.78 is 0. The van der Waals surface area contributed by atoms with Crippen molar-refractivity contribution in [2.75, 3.05) is 30.0 Å². The van der Waals surface area contributed by atoms with Crippen molar-refractivity contribution in [3.8, 4) is 0 Å². The van der Waals surface area contributed by atoms with Crippen LogP contribution in [0.1, 0.15) is 17.3 Å². The SMILES string of the molecule is CC(=O)c1cc(Nc2ccc(N(C)C)cc2)ccc1N. The van der Waals surface area contributed by atoms with Crippen LogP contribution >= 0.6 is 0 Å². The Labute approximate surface area is 119 Å². The number of benzene rings is 2. The summed E-state index contributed by atoms with van der Waals surface area (Å²) in [5, 5.41) is 3.27. The largest absolute Gasteiger partial charge is 0.398 e. The van der Waals surface area contributed by atoms with Gasteiger partial charge < -0.3 is 16.0 Å². The first kappa shape index (κ1) is 13.9. The number of anilines is 4. The maximum absolute atomic E-state index is 11.5. The summed E-state index contributed by atoms with van der Waals surface area (Å²) in [7, 11) is 4.00. The Hall–Kier alpha value is -2.49. The molecule has 0 atom stereocenters. The molecule has 2 aromatic carbocycles. The second-order valence-electron chi connectivity index (χ2n) is 4.92. The zero-order chi connectivity index (χ0) is 14.7. The molecular weight excluding hydrogens is 250 g/mol. The molecule has 4 nitrogen and oxygen atoms in total. The number of nitrogen functional groups attached to an aromatic ring is 1. The minimum Gasteiger partial charge on any atom is -0.398 e. The van der Waals surface area contributed by atoms with Gasteiger partial charge in [0.1, 0.15) is 0 Å². The maximum Gasteiger partial charge on any atom is 0.161 e. The van der Waals surface area contributed by atoms with Crippen molar-refractivity contribution in [1.29, 1.82) is 0 Å². The van der Waals surface area contributed by atoms with E-state index in [4.69, 9.17) is 5.73 Å². The molecule has 0 aliphatic rings. The molecule has 20 heavy (non-hydrogen) atoms. The molecule has 4 heteroatoms. The molecular formula is C16H19N3O. The molecule has 0 spiro atoms. The second kappa shape index (κ2) is 5.65. The number of Topliss-reactive ketones (excluding diaryl/α,β-unsaturated/α-hetero) is 1. The molecule has 2 aromatic rings. The standard InChI is InChI=1S/C16H19N3O/c1-11(20)15-10-13(6-9-16(15)17)18-12-4-7-14(8-5-12)19(2)3/h4-10,18H,17H2,1-3H3. The van der Waals surface area contributed by atoms with Crippen LogP contribution in [-0.4, -0.2) is 19.9 Å². The average molecular weight is 269 g/mol. The molecule has 3 N–H and O–H groups in total. The summed E-state index contributed by atoms with van der Waals surface area (Å²) in [6.07, 6.45) is 0. The number of hydrogen-bond donors (Lipinski definition) is 2. The number of nitrogens with one attached hydrogen (secondary N) is 1. The Balaban J connectivity index is 2.21. The molecule has 0 aromatic heterocycles. The molecule has 0 fully saturated rings. The van der Waals surface area contributed by atoms with Crippen molar-refractivity contribution in [2.45, 2.75) is 6.92 Å². The van der Waals surface area contributed by atoms with Crippen LogP contribution in [0.5, 0.6) is 0 Å². The van der Waals surface area contributed by atoms with Crippen LogP contribution in [0.3, 0.4) is 0 Å². The number of carbonyl (C=O) groups is 1. The Morgan fingerprint density at radius 2 is 1.65 bits per heavy atom. The van der Waals surface area contributed by atoms with Crippen LogP contribution in [-0.2, 0) is 0 Å². The highest BCUT2D eigenvalue weighted by molar-refractivity contribution is 6.00. The van der Waals surface area contributed by atoms with Crippen LogP contribution in [0.2, 0.25) is 0 Å². The highest BCUT2D eigenvalue weighted by Crippen LogP contribution is 2.23. The highest BCUT2D eigenvalue weighted by atomic mass is 16.1. The lowest BCUT2D eigenvalue weighted by Crippen LogP contribution is -2.08. The Morgan fingerprint density at radius 3 is 2.20 bits per heavy atom. The van der Waals surface area contributed by atoms with E-state index in [2.05, 4.69) is 5.32 Å². The first-order chi connectivity index (χ1) is 9.47. The van der Waals surface area contributed by atoms with Crippen molar-refractivity contribution in [3.05, 3.63) is 48.0 Å². The first-order valence-corrected chi connectivity index (χ1v) is 6.42. The summed E-state index contributed by atoms with van der Waals surface area (Å²) in [6, 6.07) is 13.4. The van der Waals surface area contributed by atoms with E-state index in [0.717, 1.165) is 17.1 Å². The van der Waals surface area contributed by atoms with Gasteiger partial charge in [-0.25, -0.2) is 0 Å². The molecule has 0 amide bonds. The van der Waals surface area contributed by atoms with E-state index in [9.17, 15) is 4.79 Å². The molecule has 0 heterocycles. The van der Waals surface area contributed by atoms with E-state index in [0.29, 0.717) is 11.3 Å². The third-order valence-electron chi connectivity index (χ3n) is 3.10. The van der Waals surface area contributed by atoms with Crippen molar-refractivity contribution >= 4 is 28.5 Å². The summed E-state index contributed by atoms with van der Waals surface area (Å²) in [5.41, 5.74) is 9.78. The lowest BCUT2D eigenvalue weighted by molar-refractivity contribution is 0.101. The van der Waals surface area contributed by atoms with Gasteiger partial charge in [0.15, 0.2) is 5.78 Å². The summed E-state index contributed by atoms with van der Waals surface area (Å²) in [5.74, 6) is -0.0332. The predicted octanol–water partition coefficient (Wildman–Crippen LogP) is 3.28. The number of nitrogens with zero attached hydrogens (tertiary/aromatic N) is 1. The molecule has 0 aliphatic carbocycles. The molecule has 0 aliphatic heterocycles. The van der Waals surface area contributed by atoms with E-state index in [1.807, 2.05) is 49.3 Å². The first-order valence-electron chi connectivity index (χ1n) is 6.42. The van der Waals surface area contributed by atoms with Gasteiger partial charge in [0.05, 0.1) is 0 Å². The zero-order valence-corrected chi connectivity index (χ0v) is 12.0. The molecule has 104 valence electrons. The quantitative estimate of drug-likeness (QED) is 0.660. The Morgan fingerprint density at radius 1 is 1.05 bits per heavy atom. The lowest BCUT2D eigenvalue weighted by Gasteiger charge is -2.14. The Bertz CT molecular complexity index is 618. The van der Waals surface area contributed by atoms with E-state index >= 15 is 0 Å². The van der Waals surface area contributed by atoms with Gasteiger partial charge in [0.25, 0.3) is 0 Å². The van der Waals surface area contributed by atoms with Gasteiger partial charge in [-0.2, -0.15) is 0 Å². The fourth-order valence-corrected chi connectivity index (χ4v) is 1.95. The minimum absolute atomic E-state index is 0.0332. The number of carbonyl (C=O) groups excluding carboxylic acids is 1. The van der Waals surface area contributed by atoms with Crippen LogP contribution in [0.15, 0.2) is 42.5 Å². The maximum atomic E-state index is 11.5. The molecule has 0 saturated heterocycles. The Kier molecular flexibility index (Phi) is 3.94. The van der Waals surface area contributed by atoms with Crippen molar-refractivity contribution < 1.29 is 4.79 Å². The molecule has 0 unspecified atom stereocenters. The minimum atomic E-state index is -0.0332. The monoisotopic (exact) mass is 269 g/mol. The number of rotatable bonds is 4. The third kappa shape index (κ3) is 3.09. The van der Waals surface area contributed by atoms with Gasteiger partial charge in [-0.3, -0.25) is 4.79 Å². The fraction of sp³-hybridized carbons (Fsp3) is 0.188. The van der Waals surface area contributed by atoms with Crippen LogP contribution < -0.4 is 16.0 Å². The summed E-state index contributed by atoms with van der Waals surface area (Å²) in [4.78, 5) is 13.5. The highest BCUT2D eigenvalue weighted by Gasteiger charge is 2.06. The topological polar surface area (TPSA) is 58.4 Å². The van der Waals surface area contributed by atoms with E-state index < -0.39 is 0 Å². The molecule has 0 radical (unpaired) electrons. The van der Waals surface area contributed by atoms with Gasteiger partial charge >= 0.3 is 0 Å². The van der Waals surface area contributed by atoms with E-state index in [1.165, 1.54) is 6.92 Å². The predicted molar refractivity (Wildman–Crippen MR) is 84.9 cm³/mol. The second-order valence-corrected chi connectivity index (χ2v) is 4.92. The third-order valence-corrected chi connectivity index (χ3v) is 3.10. The molecule has 0 saturated carbocycles. The lowest BCUT2D eigenvalue weighted by atomic mass is 10.1. The van der Waals surface area contributed by atoms with Crippen molar-refractivity contribution in [1.82, 2.24) is 0 Å². The zero-order valence-electron chi connectivity index (χ0n) is 12.0. The number of nitrogens with two attached hydrogens (primary N) is 1. The van der Waals surface area contributed by atoms with Crippen LogP contribution in [0.4, 0.5) is 22.7 Å². The number of ketones is 1. The smallest absolute Gasteiger partial charge is 0.161 e. The summed E-state index contributed by atoms with van der Waals surface area (Å²) >= 11 is 0. The fourth-order valence-electron chi connectivity index (χ4n) is 1.95. The average Bonchev–Trinajstić information content (AvgIpc) is 2.41. The van der Waals surface area contributed by atoms with Gasteiger partial charge in [0.2, 0.25) is 0 Å². The van der Waals surface area contributed by atoms with Crippen molar-refractivity contribution in [2.24, 2.45) is 0 Å². The van der Waals surface area contributed by atoms with Gasteiger partial charge in [-0.05, 0) is 49.4 Å². The molecule has 2 rings (SSSR count). The van der Waals surface area contributed by atoms with Crippen LogP contribution in [0.25, 0.3) is 0 Å². The van der Waals surface area contributed by atoms with Gasteiger partial charge in [-0.1, -0.05) is 0 Å². The molecule has 0 bridgehead atoms. The van der Waals surface area contributed by atoms with Gasteiger partial charge in [-0.15, -0.1) is 0 Å². The summed E-state index contributed by atoms with van der Waals surface area (Å²) in [6.45, 7) is 1.52. The number of hydrogen-bond acceptors (Lipinski definition) is 4. The van der Waals surface area contributed by atoms with Crippen LogP contribution in [0, 0.1) is 0 Å². The van der Waals surface area contributed by atoms with Crippen molar-refractivity contribution in [3.63, 3.8) is 0 Å². The normalized spacial score (nSPS) is 10.2. The van der Waals surface area contributed by atoms with E-state index in [-0.39, 0.29) is 5.78 Å².